The minimum Gasteiger partial charge on any atom is -0.497 e. The molecule has 6 nitrogen and oxygen atoms in total. The average Bonchev–Trinajstić information content (AvgIpc) is 3.09. The molecule has 0 radical (unpaired) electrons. The van der Waals surface area contributed by atoms with E-state index in [9.17, 15) is 4.79 Å². The topological polar surface area (TPSA) is 69.0 Å². The molecule has 28 heavy (non-hydrogen) atoms. The first kappa shape index (κ1) is 20.5. The van der Waals surface area contributed by atoms with Gasteiger partial charge in [-0.15, -0.1) is 10.2 Å². The van der Waals surface area contributed by atoms with Crippen LogP contribution in [-0.2, 0) is 11.3 Å². The maximum atomic E-state index is 12.3. The first-order valence-corrected chi connectivity index (χ1v) is 10.2. The van der Waals surface area contributed by atoms with Crippen LogP contribution in [0.3, 0.4) is 0 Å². The first-order valence-electron chi connectivity index (χ1n) is 8.47. The molecule has 0 aliphatic carbocycles. The van der Waals surface area contributed by atoms with Crippen molar-refractivity contribution < 1.29 is 9.53 Å². The lowest BCUT2D eigenvalue weighted by Gasteiger charge is -2.09. The number of rotatable bonds is 7. The highest BCUT2D eigenvalue weighted by Gasteiger charge is 2.17. The quantitative estimate of drug-likeness (QED) is 0.527. The summed E-state index contributed by atoms with van der Waals surface area (Å²) in [7, 11) is 1.58. The number of nitrogens with zero attached hydrogens (tertiary/aromatic N) is 3. The summed E-state index contributed by atoms with van der Waals surface area (Å²) in [5.74, 6) is 1.37. The maximum Gasteiger partial charge on any atom is 0.234 e. The molecule has 3 aromatic rings. The first-order chi connectivity index (χ1) is 13.5. The van der Waals surface area contributed by atoms with Gasteiger partial charge in [0.25, 0.3) is 0 Å². The summed E-state index contributed by atoms with van der Waals surface area (Å²) >= 11 is 13.6. The number of anilines is 1. The predicted molar refractivity (Wildman–Crippen MR) is 113 cm³/mol. The Bertz CT molecular complexity index is 994. The molecule has 1 aromatic heterocycles. The van der Waals surface area contributed by atoms with Gasteiger partial charge in [-0.3, -0.25) is 4.79 Å². The Morgan fingerprint density at radius 3 is 2.75 bits per heavy atom. The third-order valence-corrected chi connectivity index (χ3v) is 5.41. The standard InChI is InChI=1S/C19H18Cl2N4O2S/c1-3-25-18(15-8-7-12(20)9-16(15)21)23-24-19(25)28-11-17(26)22-13-5-4-6-14(10-13)27-2/h4-10H,3,11H2,1-2H3,(H,22,26). The van der Waals surface area contributed by atoms with E-state index < -0.39 is 0 Å². The molecule has 1 heterocycles. The van der Waals surface area contributed by atoms with Gasteiger partial charge in [0.2, 0.25) is 5.91 Å². The van der Waals surface area contributed by atoms with E-state index in [-0.39, 0.29) is 11.7 Å². The number of halogens is 2. The van der Waals surface area contributed by atoms with Crippen molar-refractivity contribution >= 4 is 46.6 Å². The molecular formula is C19H18Cl2N4O2S. The zero-order chi connectivity index (χ0) is 20.1. The highest BCUT2D eigenvalue weighted by Crippen LogP contribution is 2.31. The summed E-state index contributed by atoms with van der Waals surface area (Å²) in [4.78, 5) is 12.3. The van der Waals surface area contributed by atoms with E-state index in [1.807, 2.05) is 29.7 Å². The molecule has 0 unspecified atom stereocenters. The second kappa shape index (κ2) is 9.32. The number of hydrogen-bond donors (Lipinski definition) is 1. The lowest BCUT2D eigenvalue weighted by molar-refractivity contribution is -0.113. The Hall–Kier alpha value is -2.22. The Labute approximate surface area is 177 Å². The van der Waals surface area contributed by atoms with Crippen LogP contribution in [0.15, 0.2) is 47.6 Å². The molecule has 1 amide bonds. The van der Waals surface area contributed by atoms with E-state index >= 15 is 0 Å². The fourth-order valence-corrected chi connectivity index (χ4v) is 3.87. The Morgan fingerprint density at radius 2 is 2.04 bits per heavy atom. The van der Waals surface area contributed by atoms with Crippen molar-refractivity contribution in [1.82, 2.24) is 14.8 Å². The van der Waals surface area contributed by atoms with Crippen LogP contribution in [0.1, 0.15) is 6.92 Å². The smallest absolute Gasteiger partial charge is 0.234 e. The van der Waals surface area contributed by atoms with Crippen LogP contribution in [0.25, 0.3) is 11.4 Å². The summed E-state index contributed by atoms with van der Waals surface area (Å²) in [6, 6.07) is 12.4. The van der Waals surface area contributed by atoms with Crippen molar-refractivity contribution in [1.29, 1.82) is 0 Å². The zero-order valence-electron chi connectivity index (χ0n) is 15.3. The normalized spacial score (nSPS) is 10.7. The molecule has 146 valence electrons. The molecule has 0 spiro atoms. The van der Waals surface area contributed by atoms with Crippen molar-refractivity contribution in [2.75, 3.05) is 18.2 Å². The molecule has 9 heteroatoms. The summed E-state index contributed by atoms with van der Waals surface area (Å²) in [6.45, 7) is 2.62. The third kappa shape index (κ3) is 4.79. The second-order valence-electron chi connectivity index (χ2n) is 5.74. The van der Waals surface area contributed by atoms with Crippen LogP contribution in [-0.4, -0.2) is 33.5 Å². The van der Waals surface area contributed by atoms with Crippen LogP contribution in [0.2, 0.25) is 10.0 Å². The Morgan fingerprint density at radius 1 is 1.21 bits per heavy atom. The number of hydrogen-bond acceptors (Lipinski definition) is 5. The van der Waals surface area contributed by atoms with E-state index in [1.54, 1.807) is 31.4 Å². The van der Waals surface area contributed by atoms with E-state index in [0.717, 1.165) is 5.56 Å². The van der Waals surface area contributed by atoms with Crippen molar-refractivity contribution in [3.8, 4) is 17.1 Å². The summed E-state index contributed by atoms with van der Waals surface area (Å²) in [5, 5.41) is 13.0. The second-order valence-corrected chi connectivity index (χ2v) is 7.53. The molecule has 0 aliphatic rings. The van der Waals surface area contributed by atoms with Gasteiger partial charge in [-0.05, 0) is 37.3 Å². The van der Waals surface area contributed by atoms with E-state index in [2.05, 4.69) is 15.5 Å². The van der Waals surface area contributed by atoms with Crippen LogP contribution < -0.4 is 10.1 Å². The maximum absolute atomic E-state index is 12.3. The minimum atomic E-state index is -0.144. The largest absolute Gasteiger partial charge is 0.497 e. The van der Waals surface area contributed by atoms with Gasteiger partial charge in [-0.1, -0.05) is 41.0 Å². The van der Waals surface area contributed by atoms with Gasteiger partial charge in [0.1, 0.15) is 5.75 Å². The van der Waals surface area contributed by atoms with Crippen molar-refractivity contribution in [2.45, 2.75) is 18.6 Å². The monoisotopic (exact) mass is 436 g/mol. The van der Waals surface area contributed by atoms with Crippen molar-refractivity contribution in [3.63, 3.8) is 0 Å². The van der Waals surface area contributed by atoms with Gasteiger partial charge in [-0.25, -0.2) is 0 Å². The fraction of sp³-hybridized carbons (Fsp3) is 0.211. The van der Waals surface area contributed by atoms with Gasteiger partial charge in [-0.2, -0.15) is 0 Å². The summed E-state index contributed by atoms with van der Waals surface area (Å²) < 4.78 is 7.08. The van der Waals surface area contributed by atoms with Gasteiger partial charge < -0.3 is 14.6 Å². The molecule has 0 atom stereocenters. The van der Waals surface area contributed by atoms with Crippen LogP contribution in [0.5, 0.6) is 5.75 Å². The van der Waals surface area contributed by atoms with Crippen LogP contribution in [0, 0.1) is 0 Å². The van der Waals surface area contributed by atoms with Gasteiger partial charge in [0.15, 0.2) is 11.0 Å². The van der Waals surface area contributed by atoms with E-state index in [4.69, 9.17) is 27.9 Å². The molecule has 0 saturated carbocycles. The number of thioether (sulfide) groups is 1. The number of aromatic nitrogens is 3. The Balaban J connectivity index is 1.71. The number of carbonyl (C=O) groups excluding carboxylic acids is 1. The van der Waals surface area contributed by atoms with Crippen LogP contribution in [0.4, 0.5) is 5.69 Å². The lowest BCUT2D eigenvalue weighted by atomic mass is 10.2. The van der Waals surface area contributed by atoms with Gasteiger partial charge >= 0.3 is 0 Å². The fourth-order valence-electron chi connectivity index (χ4n) is 2.58. The SMILES string of the molecule is CCn1c(SCC(=O)Nc2cccc(OC)c2)nnc1-c1ccc(Cl)cc1Cl. The molecule has 0 bridgehead atoms. The summed E-state index contributed by atoms with van der Waals surface area (Å²) in [6.07, 6.45) is 0. The molecule has 1 N–H and O–H groups in total. The molecular weight excluding hydrogens is 419 g/mol. The number of ether oxygens (including phenoxy) is 1. The van der Waals surface area contributed by atoms with Crippen molar-refractivity contribution in [3.05, 3.63) is 52.5 Å². The number of amides is 1. The van der Waals surface area contributed by atoms with Gasteiger partial charge in [0, 0.05) is 28.9 Å². The number of carbonyl (C=O) groups is 1. The lowest BCUT2D eigenvalue weighted by Crippen LogP contribution is -2.14. The average molecular weight is 437 g/mol. The summed E-state index contributed by atoms with van der Waals surface area (Å²) in [5.41, 5.74) is 1.42. The van der Waals surface area contributed by atoms with Gasteiger partial charge in [0.05, 0.1) is 17.9 Å². The molecule has 3 rings (SSSR count). The highest BCUT2D eigenvalue weighted by molar-refractivity contribution is 7.99. The van der Waals surface area contributed by atoms with Crippen molar-refractivity contribution in [2.24, 2.45) is 0 Å². The number of methoxy groups -OCH3 is 1. The zero-order valence-corrected chi connectivity index (χ0v) is 17.6. The highest BCUT2D eigenvalue weighted by atomic mass is 35.5. The number of nitrogens with one attached hydrogen (secondary N) is 1. The molecule has 0 fully saturated rings. The van der Waals surface area contributed by atoms with Crippen LogP contribution >= 0.6 is 35.0 Å². The molecule has 0 aliphatic heterocycles. The molecule has 0 saturated heterocycles. The third-order valence-electron chi connectivity index (χ3n) is 3.89. The Kier molecular flexibility index (Phi) is 6.83. The molecule has 2 aromatic carbocycles. The minimum absolute atomic E-state index is 0.144. The van der Waals surface area contributed by atoms with E-state index in [0.29, 0.717) is 39.0 Å². The van der Waals surface area contributed by atoms with E-state index in [1.165, 1.54) is 11.8 Å². The predicted octanol–water partition coefficient (Wildman–Crippen LogP) is 5.01. The number of benzene rings is 2.